The highest BCUT2D eigenvalue weighted by Gasteiger charge is 2.37. The predicted octanol–water partition coefficient (Wildman–Crippen LogP) is 6.26. The fourth-order valence-corrected chi connectivity index (χ4v) is 6.23. The molecule has 0 radical (unpaired) electrons. The average Bonchev–Trinajstić information content (AvgIpc) is 2.88. The number of carbonyl (C=O) groups is 1. The van der Waals surface area contributed by atoms with E-state index in [1.165, 1.54) is 56.3 Å². The molecule has 0 atom stereocenters. The minimum absolute atomic E-state index is 0.345. The summed E-state index contributed by atoms with van der Waals surface area (Å²) in [5.74, 6) is 0. The second kappa shape index (κ2) is 13.2. The van der Waals surface area contributed by atoms with Crippen molar-refractivity contribution in [3.63, 3.8) is 0 Å². The van der Waals surface area contributed by atoms with Crippen molar-refractivity contribution in [2.75, 3.05) is 112 Å². The summed E-state index contributed by atoms with van der Waals surface area (Å²) in [5, 5.41) is 0. The van der Waals surface area contributed by atoms with E-state index in [1.54, 1.807) is 4.90 Å². The first-order chi connectivity index (χ1) is 18.4. The number of amides is 1. The fourth-order valence-electron chi connectivity index (χ4n) is 6.23. The predicted molar refractivity (Wildman–Crippen MR) is 170 cm³/mol. The Morgan fingerprint density at radius 1 is 0.667 bits per heavy atom. The van der Waals surface area contributed by atoms with Crippen molar-refractivity contribution in [3.05, 3.63) is 0 Å². The van der Waals surface area contributed by atoms with Crippen LogP contribution in [0, 0.1) is 5.41 Å². The summed E-state index contributed by atoms with van der Waals surface area (Å²) in [5.41, 5.74) is 7.13. The lowest BCUT2D eigenvalue weighted by Gasteiger charge is -2.45. The number of carbonyl (C=O) groups excluding carboxylic acids is 1. The Bertz CT molecular complexity index is 917. The average molecular weight is 545 g/mol. The van der Waals surface area contributed by atoms with Crippen LogP contribution in [0.25, 0.3) is 0 Å². The molecular formula is C31H56N6O2. The summed E-state index contributed by atoms with van der Waals surface area (Å²) in [6.07, 6.45) is 10.6. The van der Waals surface area contributed by atoms with Crippen molar-refractivity contribution in [2.24, 2.45) is 5.41 Å². The first kappa shape index (κ1) is 31.0. The molecule has 2 heterocycles. The van der Waals surface area contributed by atoms with Crippen LogP contribution < -0.4 is 29.4 Å². The van der Waals surface area contributed by atoms with Gasteiger partial charge in [-0.1, -0.05) is 46.0 Å². The maximum absolute atomic E-state index is 13.2. The van der Waals surface area contributed by atoms with E-state index in [1.807, 2.05) is 7.05 Å². The maximum Gasteiger partial charge on any atom is 0.413 e. The van der Waals surface area contributed by atoms with Gasteiger partial charge in [-0.25, -0.2) is 4.79 Å². The SMILES string of the molecule is COC(=O)N(C)c1c2c(N(C)C)c(N3CCC(C)(C)CC3)c(N(C)C)c1N(C)CCCCCCCCCN2C. The Kier molecular flexibility index (Phi) is 10.5. The zero-order chi connectivity index (χ0) is 28.9. The number of hydrogen-bond acceptors (Lipinski definition) is 7. The summed E-state index contributed by atoms with van der Waals surface area (Å²) in [6.45, 7) is 8.71. The molecule has 0 aromatic heterocycles. The Morgan fingerprint density at radius 3 is 1.46 bits per heavy atom. The smallest absolute Gasteiger partial charge is 0.413 e. The Balaban J connectivity index is 2.43. The number of anilines is 6. The van der Waals surface area contributed by atoms with Gasteiger partial charge in [0.25, 0.3) is 0 Å². The van der Waals surface area contributed by atoms with Crippen LogP contribution in [0.1, 0.15) is 71.6 Å². The number of methoxy groups -OCH3 is 1. The molecule has 0 aliphatic carbocycles. The molecule has 8 heteroatoms. The fraction of sp³-hybridized carbons (Fsp3) is 0.774. The van der Waals surface area contributed by atoms with Crippen molar-refractivity contribution < 1.29 is 9.53 Å². The summed E-state index contributed by atoms with van der Waals surface area (Å²) in [4.78, 5) is 26.8. The Labute approximate surface area is 238 Å². The normalized spacial score (nSPS) is 18.9. The Hall–Kier alpha value is -2.51. The lowest BCUT2D eigenvalue weighted by molar-refractivity contribution is 0.180. The molecule has 3 rings (SSSR count). The molecular weight excluding hydrogens is 488 g/mol. The molecule has 0 unspecified atom stereocenters. The van der Waals surface area contributed by atoms with Gasteiger partial charge in [0.2, 0.25) is 0 Å². The molecule has 1 amide bonds. The minimum atomic E-state index is -0.345. The van der Waals surface area contributed by atoms with Crippen LogP contribution in [0.5, 0.6) is 0 Å². The second-order valence-electron chi connectivity index (χ2n) is 12.9. The molecule has 1 fully saturated rings. The van der Waals surface area contributed by atoms with Crippen molar-refractivity contribution >= 4 is 40.2 Å². The number of nitrogens with zero attached hydrogens (tertiary/aromatic N) is 6. The molecule has 0 N–H and O–H groups in total. The van der Waals surface area contributed by atoms with E-state index in [2.05, 4.69) is 80.6 Å². The number of piperidine rings is 1. The van der Waals surface area contributed by atoms with Crippen molar-refractivity contribution in [1.29, 1.82) is 0 Å². The van der Waals surface area contributed by atoms with E-state index in [9.17, 15) is 4.79 Å². The number of hydrogen-bond donors (Lipinski definition) is 0. The van der Waals surface area contributed by atoms with E-state index >= 15 is 0 Å². The summed E-state index contributed by atoms with van der Waals surface area (Å²) >= 11 is 0. The van der Waals surface area contributed by atoms with Gasteiger partial charge in [-0.3, -0.25) is 4.90 Å². The van der Waals surface area contributed by atoms with Gasteiger partial charge in [0.05, 0.1) is 41.2 Å². The van der Waals surface area contributed by atoms with E-state index in [4.69, 9.17) is 4.74 Å². The van der Waals surface area contributed by atoms with Crippen LogP contribution in [0.4, 0.5) is 38.9 Å². The number of benzene rings is 1. The molecule has 0 saturated carbocycles. The zero-order valence-corrected chi connectivity index (χ0v) is 26.7. The van der Waals surface area contributed by atoms with E-state index in [0.717, 1.165) is 68.9 Å². The molecule has 1 aromatic carbocycles. The van der Waals surface area contributed by atoms with Gasteiger partial charge in [0.15, 0.2) is 0 Å². The molecule has 2 bridgehead atoms. The summed E-state index contributed by atoms with van der Waals surface area (Å²) in [7, 11) is 16.3. The van der Waals surface area contributed by atoms with E-state index < -0.39 is 0 Å². The molecule has 1 aromatic rings. The molecule has 0 spiro atoms. The Morgan fingerprint density at radius 2 is 1.08 bits per heavy atom. The molecule has 222 valence electrons. The van der Waals surface area contributed by atoms with Gasteiger partial charge in [-0.2, -0.15) is 0 Å². The highest BCUT2D eigenvalue weighted by Crippen LogP contribution is 2.57. The highest BCUT2D eigenvalue weighted by atomic mass is 16.5. The zero-order valence-electron chi connectivity index (χ0n) is 26.7. The lowest BCUT2D eigenvalue weighted by Crippen LogP contribution is -2.40. The van der Waals surface area contributed by atoms with E-state index in [-0.39, 0.29) is 6.09 Å². The molecule has 39 heavy (non-hydrogen) atoms. The maximum atomic E-state index is 13.2. The standard InChI is InChI=1S/C31H56N6O2/c1-31(2)18-22-37(23-19-31)29-24(32(3)4)26-28(36(9)30(38)39-10)27(25(29)33(5)6)35(8)21-17-15-13-11-12-14-16-20-34(26)7/h11-23H2,1-10H3. The number of rotatable bonds is 4. The molecule has 1 saturated heterocycles. The van der Waals surface area contributed by atoms with Gasteiger partial charge in [-0.05, 0) is 31.1 Å². The highest BCUT2D eigenvalue weighted by molar-refractivity contribution is 6.12. The van der Waals surface area contributed by atoms with Crippen LogP contribution in [0.15, 0.2) is 0 Å². The largest absolute Gasteiger partial charge is 0.452 e. The van der Waals surface area contributed by atoms with Crippen molar-refractivity contribution in [3.8, 4) is 0 Å². The first-order valence-electron chi connectivity index (χ1n) is 15.0. The van der Waals surface area contributed by atoms with Crippen LogP contribution in [0.2, 0.25) is 0 Å². The van der Waals surface area contributed by atoms with Crippen LogP contribution >= 0.6 is 0 Å². The van der Waals surface area contributed by atoms with Crippen molar-refractivity contribution in [1.82, 2.24) is 0 Å². The molecule has 2 aliphatic heterocycles. The molecule has 2 aliphatic rings. The topological polar surface area (TPSA) is 45.7 Å². The third-order valence-corrected chi connectivity index (χ3v) is 8.71. The number of fused-ring (bicyclic) bond motifs is 2. The van der Waals surface area contributed by atoms with Crippen LogP contribution in [-0.4, -0.2) is 88.7 Å². The van der Waals surface area contributed by atoms with Crippen molar-refractivity contribution in [2.45, 2.75) is 71.6 Å². The number of ether oxygens (including phenoxy) is 1. The minimum Gasteiger partial charge on any atom is -0.452 e. The second-order valence-corrected chi connectivity index (χ2v) is 12.9. The van der Waals surface area contributed by atoms with Gasteiger partial charge in [0.1, 0.15) is 0 Å². The van der Waals surface area contributed by atoms with Gasteiger partial charge in [0, 0.05) is 75.5 Å². The van der Waals surface area contributed by atoms with E-state index in [0.29, 0.717) is 5.41 Å². The van der Waals surface area contributed by atoms with Gasteiger partial charge >= 0.3 is 6.09 Å². The van der Waals surface area contributed by atoms with Crippen LogP contribution in [-0.2, 0) is 4.74 Å². The third kappa shape index (κ3) is 6.98. The monoisotopic (exact) mass is 544 g/mol. The van der Waals surface area contributed by atoms with Crippen LogP contribution in [0.3, 0.4) is 0 Å². The lowest BCUT2D eigenvalue weighted by atomic mass is 9.82. The summed E-state index contributed by atoms with van der Waals surface area (Å²) < 4.78 is 5.31. The third-order valence-electron chi connectivity index (χ3n) is 8.71. The molecule has 8 nitrogen and oxygen atoms in total. The van der Waals surface area contributed by atoms with Gasteiger partial charge in [-0.15, -0.1) is 0 Å². The first-order valence-corrected chi connectivity index (χ1v) is 15.0. The quantitative estimate of drug-likeness (QED) is 0.443. The van der Waals surface area contributed by atoms with Gasteiger partial charge < -0.3 is 29.2 Å². The summed E-state index contributed by atoms with van der Waals surface area (Å²) in [6, 6.07) is 0.